The molecule has 0 saturated heterocycles. The molecule has 0 rings (SSSR count). The summed E-state index contributed by atoms with van der Waals surface area (Å²) < 4.78 is 32.6. The zero-order valence-corrected chi connectivity index (χ0v) is 34.4. The van der Waals surface area contributed by atoms with Gasteiger partial charge in [-0.3, -0.25) is 18.6 Å². The summed E-state index contributed by atoms with van der Waals surface area (Å²) in [4.78, 5) is 34.9. The van der Waals surface area contributed by atoms with Crippen LogP contribution in [0.1, 0.15) is 181 Å². The van der Waals surface area contributed by atoms with Gasteiger partial charge in [0.2, 0.25) is 0 Å². The van der Waals surface area contributed by atoms with Gasteiger partial charge in [-0.2, -0.15) is 0 Å². The predicted molar refractivity (Wildman–Crippen MR) is 214 cm³/mol. The Balaban J connectivity index is 4.33. The van der Waals surface area contributed by atoms with E-state index in [0.717, 1.165) is 57.8 Å². The first-order valence-corrected chi connectivity index (χ1v) is 22.4. The lowest BCUT2D eigenvalue weighted by atomic mass is 10.1. The maximum atomic E-state index is 12.6. The van der Waals surface area contributed by atoms with Crippen LogP contribution in [-0.4, -0.2) is 65.7 Å². The largest absolute Gasteiger partial charge is 0.472 e. The molecule has 3 atom stereocenters. The lowest BCUT2D eigenvalue weighted by molar-refractivity contribution is -0.161. The van der Waals surface area contributed by atoms with E-state index in [9.17, 15) is 24.2 Å². The molecule has 0 aliphatic carbocycles. The molecule has 0 amide bonds. The first kappa shape index (κ1) is 51.2. The van der Waals surface area contributed by atoms with E-state index < -0.39 is 51.8 Å². The van der Waals surface area contributed by atoms with Crippen LogP contribution in [-0.2, 0) is 32.7 Å². The second-order valence-corrected chi connectivity index (χ2v) is 15.5. The van der Waals surface area contributed by atoms with Crippen molar-refractivity contribution in [1.29, 1.82) is 0 Å². The van der Waals surface area contributed by atoms with E-state index in [2.05, 4.69) is 54.8 Å². The maximum absolute atomic E-state index is 12.6. The van der Waals surface area contributed by atoms with Gasteiger partial charge in [0.05, 0.1) is 19.8 Å². The third kappa shape index (κ3) is 38.3. The summed E-state index contributed by atoms with van der Waals surface area (Å²) in [6.45, 7) is 2.31. The molecule has 53 heavy (non-hydrogen) atoms. The Kier molecular flexibility index (Phi) is 37.2. The summed E-state index contributed by atoms with van der Waals surface area (Å²) in [5.74, 6) is -0.952. The van der Waals surface area contributed by atoms with Crippen molar-refractivity contribution in [3.8, 4) is 0 Å². The van der Waals surface area contributed by atoms with E-state index in [0.29, 0.717) is 12.8 Å². The fourth-order valence-corrected chi connectivity index (χ4v) is 6.28. The fourth-order valence-electron chi connectivity index (χ4n) is 5.49. The van der Waals surface area contributed by atoms with Gasteiger partial charge in [0.15, 0.2) is 6.10 Å². The Morgan fingerprint density at radius 3 is 1.53 bits per heavy atom. The number of carbonyl (C=O) groups is 2. The number of aliphatic hydroxyl groups is 2. The molecule has 0 bridgehead atoms. The van der Waals surface area contributed by atoms with Crippen LogP contribution in [0.5, 0.6) is 0 Å². The summed E-state index contributed by atoms with van der Waals surface area (Å²) in [5.41, 5.74) is 0. The number of allylic oxidation sites excluding steroid dienone is 6. The molecule has 0 spiro atoms. The van der Waals surface area contributed by atoms with Crippen LogP contribution in [0, 0.1) is 0 Å². The van der Waals surface area contributed by atoms with Crippen LogP contribution in [0.4, 0.5) is 0 Å². The monoisotopic (exact) mass is 773 g/mol. The maximum Gasteiger partial charge on any atom is 0.472 e. The second kappa shape index (κ2) is 38.5. The molecule has 1 unspecified atom stereocenters. The number of hydrogen-bond donors (Lipinski definition) is 3. The van der Waals surface area contributed by atoms with E-state index in [1.165, 1.54) is 83.5 Å². The van der Waals surface area contributed by atoms with Crippen molar-refractivity contribution in [2.45, 2.75) is 193 Å². The van der Waals surface area contributed by atoms with Crippen molar-refractivity contribution in [2.24, 2.45) is 0 Å². The molecule has 310 valence electrons. The minimum Gasteiger partial charge on any atom is -0.462 e. The summed E-state index contributed by atoms with van der Waals surface area (Å²) in [6.07, 6.45) is 38.2. The highest BCUT2D eigenvalue weighted by molar-refractivity contribution is 7.47. The number of phosphoric ester groups is 1. The second-order valence-electron chi connectivity index (χ2n) is 14.0. The Hall–Kier alpha value is -1.81. The molecular weight excluding hydrogens is 695 g/mol. The SMILES string of the molecule is CCCCC/C=C/C/C=C/CCCCCCCCCC(=O)OC[C@H](COP(=O)(O)OC[C@@H](O)CO)OC(=O)CCCCC/C=C/CCCCCCCC. The Bertz CT molecular complexity index is 983. The van der Waals surface area contributed by atoms with Crippen molar-refractivity contribution in [1.82, 2.24) is 0 Å². The molecule has 0 aromatic carbocycles. The molecule has 0 fully saturated rings. The van der Waals surface area contributed by atoms with Gasteiger partial charge in [0, 0.05) is 12.8 Å². The molecular formula is C42H77O10P. The topological polar surface area (TPSA) is 149 Å². The minimum atomic E-state index is -4.62. The third-order valence-corrected chi connectivity index (χ3v) is 9.72. The summed E-state index contributed by atoms with van der Waals surface area (Å²) >= 11 is 0. The fraction of sp³-hybridized carbons (Fsp3) is 0.810. The van der Waals surface area contributed by atoms with E-state index in [-0.39, 0.29) is 19.4 Å². The first-order valence-electron chi connectivity index (χ1n) is 20.9. The summed E-state index contributed by atoms with van der Waals surface area (Å²) in [7, 11) is -4.62. The van der Waals surface area contributed by atoms with Crippen molar-refractivity contribution in [3.63, 3.8) is 0 Å². The highest BCUT2D eigenvalue weighted by Gasteiger charge is 2.27. The molecule has 0 aromatic heterocycles. The van der Waals surface area contributed by atoms with Crippen molar-refractivity contribution >= 4 is 19.8 Å². The standard InChI is InChI=1S/C42H77O10P/c1-3-5-7-9-11-13-15-17-18-19-20-22-23-25-27-29-31-33-41(45)49-37-40(38-51-53(47,48)50-36-39(44)35-43)52-42(46)34-32-30-28-26-24-21-16-14-12-10-8-6-4-2/h11,13,17-18,21,24,39-40,43-44H,3-10,12,14-16,19-20,22-23,25-38H2,1-2H3,(H,47,48)/b13-11+,18-17+,24-21+/t39-,40+/m0/s1. The molecule has 0 heterocycles. The summed E-state index contributed by atoms with van der Waals surface area (Å²) in [6, 6.07) is 0. The smallest absolute Gasteiger partial charge is 0.462 e. The van der Waals surface area contributed by atoms with Gasteiger partial charge in [-0.1, -0.05) is 134 Å². The molecule has 0 saturated carbocycles. The van der Waals surface area contributed by atoms with E-state index >= 15 is 0 Å². The number of phosphoric acid groups is 1. The van der Waals surface area contributed by atoms with Crippen LogP contribution in [0.3, 0.4) is 0 Å². The van der Waals surface area contributed by atoms with Crippen LogP contribution in [0.15, 0.2) is 36.5 Å². The number of aliphatic hydroxyl groups excluding tert-OH is 2. The highest BCUT2D eigenvalue weighted by Crippen LogP contribution is 2.43. The Morgan fingerprint density at radius 2 is 0.981 bits per heavy atom. The van der Waals surface area contributed by atoms with Crippen LogP contribution >= 0.6 is 7.82 Å². The molecule has 0 aromatic rings. The van der Waals surface area contributed by atoms with Gasteiger partial charge in [0.25, 0.3) is 0 Å². The molecule has 0 aliphatic rings. The Morgan fingerprint density at radius 1 is 0.566 bits per heavy atom. The molecule has 3 N–H and O–H groups in total. The van der Waals surface area contributed by atoms with Gasteiger partial charge in [-0.25, -0.2) is 4.57 Å². The molecule has 10 nitrogen and oxygen atoms in total. The molecule has 11 heteroatoms. The van der Waals surface area contributed by atoms with Crippen LogP contribution < -0.4 is 0 Å². The van der Waals surface area contributed by atoms with E-state index in [1.807, 2.05) is 0 Å². The van der Waals surface area contributed by atoms with Gasteiger partial charge < -0.3 is 24.6 Å². The number of hydrogen-bond acceptors (Lipinski definition) is 9. The number of unbranched alkanes of at least 4 members (excludes halogenated alkanes) is 19. The molecule has 0 radical (unpaired) electrons. The number of ether oxygens (including phenoxy) is 2. The average Bonchev–Trinajstić information content (AvgIpc) is 3.14. The van der Waals surface area contributed by atoms with Gasteiger partial charge in [-0.15, -0.1) is 0 Å². The average molecular weight is 773 g/mol. The van der Waals surface area contributed by atoms with Gasteiger partial charge >= 0.3 is 19.8 Å². The van der Waals surface area contributed by atoms with E-state index in [4.69, 9.17) is 19.1 Å². The normalized spacial score (nSPS) is 14.3. The third-order valence-electron chi connectivity index (χ3n) is 8.77. The van der Waals surface area contributed by atoms with Gasteiger partial charge in [-0.05, 0) is 70.6 Å². The number of carbonyl (C=O) groups excluding carboxylic acids is 2. The minimum absolute atomic E-state index is 0.162. The van der Waals surface area contributed by atoms with Crippen LogP contribution in [0.2, 0.25) is 0 Å². The number of rotatable bonds is 39. The van der Waals surface area contributed by atoms with Crippen molar-refractivity contribution in [2.75, 3.05) is 26.4 Å². The van der Waals surface area contributed by atoms with Crippen molar-refractivity contribution < 1.29 is 47.8 Å². The first-order chi connectivity index (χ1) is 25.7. The summed E-state index contributed by atoms with van der Waals surface area (Å²) in [5, 5.41) is 18.3. The zero-order chi connectivity index (χ0) is 39.1. The Labute approximate surface area is 322 Å². The van der Waals surface area contributed by atoms with E-state index in [1.54, 1.807) is 0 Å². The number of esters is 2. The van der Waals surface area contributed by atoms with Gasteiger partial charge in [0.1, 0.15) is 12.7 Å². The quantitative estimate of drug-likeness (QED) is 0.0238. The van der Waals surface area contributed by atoms with Crippen molar-refractivity contribution in [3.05, 3.63) is 36.5 Å². The highest BCUT2D eigenvalue weighted by atomic mass is 31.2. The predicted octanol–water partition coefficient (Wildman–Crippen LogP) is 10.8. The lowest BCUT2D eigenvalue weighted by Gasteiger charge is -2.20. The molecule has 0 aliphatic heterocycles. The zero-order valence-electron chi connectivity index (χ0n) is 33.5. The lowest BCUT2D eigenvalue weighted by Crippen LogP contribution is -2.29. The van der Waals surface area contributed by atoms with Crippen LogP contribution in [0.25, 0.3) is 0 Å².